The molecule has 0 radical (unpaired) electrons. The van der Waals surface area contributed by atoms with Gasteiger partial charge in [-0.05, 0) is 30.5 Å². The maximum Gasteiger partial charge on any atom is 0.470 e. The lowest BCUT2D eigenvalue weighted by molar-refractivity contribution is -0.157. The van der Waals surface area contributed by atoms with Gasteiger partial charge in [-0.1, -0.05) is 12.1 Å². The Balaban J connectivity index is 1.55. The van der Waals surface area contributed by atoms with Crippen LogP contribution in [0.25, 0.3) is 0 Å². The average molecular weight is 357 g/mol. The number of rotatable bonds is 3. The molecular formula is C16H15F4N3O2. The van der Waals surface area contributed by atoms with E-state index in [0.717, 1.165) is 0 Å². The first-order valence-corrected chi connectivity index (χ1v) is 7.76. The van der Waals surface area contributed by atoms with E-state index in [0.29, 0.717) is 31.5 Å². The van der Waals surface area contributed by atoms with Crippen LogP contribution in [-0.4, -0.2) is 34.1 Å². The van der Waals surface area contributed by atoms with Gasteiger partial charge in [-0.15, -0.1) is 10.2 Å². The maximum absolute atomic E-state index is 12.9. The molecule has 1 aromatic carbocycles. The van der Waals surface area contributed by atoms with E-state index in [1.165, 1.54) is 12.1 Å². The van der Waals surface area contributed by atoms with Gasteiger partial charge < -0.3 is 9.32 Å². The van der Waals surface area contributed by atoms with Crippen molar-refractivity contribution >= 4 is 5.91 Å². The number of alkyl halides is 3. The SMILES string of the molecule is O=C(Cc1ccc(F)cc1)N1CCC(c2nnc(C(F)(F)F)o2)CC1. The van der Waals surface area contributed by atoms with Crippen molar-refractivity contribution in [3.05, 3.63) is 47.4 Å². The molecule has 1 saturated heterocycles. The highest BCUT2D eigenvalue weighted by atomic mass is 19.4. The van der Waals surface area contributed by atoms with Gasteiger partial charge in [0.2, 0.25) is 11.8 Å². The number of hydrogen-bond acceptors (Lipinski definition) is 4. The summed E-state index contributed by atoms with van der Waals surface area (Å²) in [6.07, 6.45) is -3.59. The zero-order chi connectivity index (χ0) is 18.0. The predicted octanol–water partition coefficient (Wildman–Crippen LogP) is 3.18. The first-order valence-electron chi connectivity index (χ1n) is 7.76. The van der Waals surface area contributed by atoms with E-state index in [1.807, 2.05) is 0 Å². The molecule has 5 nitrogen and oxygen atoms in total. The molecule has 1 aliphatic rings. The highest BCUT2D eigenvalue weighted by Crippen LogP contribution is 2.32. The third kappa shape index (κ3) is 4.15. The molecule has 1 aromatic heterocycles. The van der Waals surface area contributed by atoms with Crippen LogP contribution in [0.1, 0.15) is 36.1 Å². The van der Waals surface area contributed by atoms with Crippen LogP contribution in [-0.2, 0) is 17.4 Å². The van der Waals surface area contributed by atoms with Crippen molar-refractivity contribution < 1.29 is 26.8 Å². The van der Waals surface area contributed by atoms with E-state index in [-0.39, 0.29) is 30.0 Å². The van der Waals surface area contributed by atoms with Crippen LogP contribution in [0.2, 0.25) is 0 Å². The van der Waals surface area contributed by atoms with Crippen LogP contribution in [0.15, 0.2) is 28.7 Å². The minimum absolute atomic E-state index is 0.0436. The van der Waals surface area contributed by atoms with Crippen LogP contribution in [0.5, 0.6) is 0 Å². The lowest BCUT2D eigenvalue weighted by atomic mass is 9.96. The Kier molecular flexibility index (Phi) is 4.73. The monoisotopic (exact) mass is 357 g/mol. The smallest absolute Gasteiger partial charge is 0.417 e. The van der Waals surface area contributed by atoms with Crippen LogP contribution >= 0.6 is 0 Å². The Morgan fingerprint density at radius 3 is 2.36 bits per heavy atom. The normalized spacial score (nSPS) is 16.2. The fourth-order valence-electron chi connectivity index (χ4n) is 2.78. The molecule has 1 aliphatic heterocycles. The van der Waals surface area contributed by atoms with Crippen LogP contribution in [0.3, 0.4) is 0 Å². The highest BCUT2D eigenvalue weighted by Gasteiger charge is 2.39. The number of nitrogens with zero attached hydrogens (tertiary/aromatic N) is 3. The number of aromatic nitrogens is 2. The summed E-state index contributed by atoms with van der Waals surface area (Å²) in [7, 11) is 0. The van der Waals surface area contributed by atoms with E-state index >= 15 is 0 Å². The van der Waals surface area contributed by atoms with E-state index in [9.17, 15) is 22.4 Å². The summed E-state index contributed by atoms with van der Waals surface area (Å²) in [5.74, 6) is -2.16. The van der Waals surface area contributed by atoms with Crippen molar-refractivity contribution in [2.45, 2.75) is 31.4 Å². The predicted molar refractivity (Wildman–Crippen MR) is 78.0 cm³/mol. The van der Waals surface area contributed by atoms with Gasteiger partial charge in [0.25, 0.3) is 0 Å². The summed E-state index contributed by atoms with van der Waals surface area (Å²) in [6, 6.07) is 5.69. The lowest BCUT2D eigenvalue weighted by Crippen LogP contribution is -2.38. The Morgan fingerprint density at radius 2 is 1.80 bits per heavy atom. The Morgan fingerprint density at radius 1 is 1.16 bits per heavy atom. The number of amides is 1. The second kappa shape index (κ2) is 6.81. The molecule has 0 spiro atoms. The van der Waals surface area contributed by atoms with Crippen molar-refractivity contribution in [3.63, 3.8) is 0 Å². The zero-order valence-corrected chi connectivity index (χ0v) is 13.1. The minimum Gasteiger partial charge on any atom is -0.417 e. The molecule has 9 heteroatoms. The van der Waals surface area contributed by atoms with Crippen molar-refractivity contribution in [3.8, 4) is 0 Å². The molecular weight excluding hydrogens is 342 g/mol. The van der Waals surface area contributed by atoms with Gasteiger partial charge in [0.15, 0.2) is 0 Å². The second-order valence-corrected chi connectivity index (χ2v) is 5.90. The quantitative estimate of drug-likeness (QED) is 0.792. The molecule has 0 bridgehead atoms. The molecule has 1 amide bonds. The molecule has 2 heterocycles. The summed E-state index contributed by atoms with van der Waals surface area (Å²) in [5.41, 5.74) is 0.709. The number of carbonyl (C=O) groups is 1. The van der Waals surface area contributed by atoms with Gasteiger partial charge in [0, 0.05) is 19.0 Å². The topological polar surface area (TPSA) is 59.2 Å². The molecule has 0 saturated carbocycles. The van der Waals surface area contributed by atoms with E-state index in [4.69, 9.17) is 4.42 Å². The number of benzene rings is 1. The first-order chi connectivity index (χ1) is 11.8. The molecule has 134 valence electrons. The summed E-state index contributed by atoms with van der Waals surface area (Å²) >= 11 is 0. The Labute approximate surface area is 140 Å². The number of piperidine rings is 1. The van der Waals surface area contributed by atoms with Gasteiger partial charge in [0.1, 0.15) is 5.82 Å². The van der Waals surface area contributed by atoms with Gasteiger partial charge in [-0.25, -0.2) is 4.39 Å². The summed E-state index contributed by atoms with van der Waals surface area (Å²) < 4.78 is 55.1. The molecule has 3 rings (SSSR count). The lowest BCUT2D eigenvalue weighted by Gasteiger charge is -2.30. The Bertz CT molecular complexity index is 735. The van der Waals surface area contributed by atoms with E-state index in [1.54, 1.807) is 17.0 Å². The second-order valence-electron chi connectivity index (χ2n) is 5.90. The standard InChI is InChI=1S/C16H15F4N3O2/c17-12-3-1-10(2-4-12)9-13(24)23-7-5-11(6-8-23)14-21-22-15(25-14)16(18,19)20/h1-4,11H,5-9H2. The highest BCUT2D eigenvalue weighted by molar-refractivity contribution is 5.78. The van der Waals surface area contributed by atoms with Crippen molar-refractivity contribution in [1.82, 2.24) is 15.1 Å². The Hall–Kier alpha value is -2.45. The van der Waals surface area contributed by atoms with E-state index in [2.05, 4.69) is 10.2 Å². The summed E-state index contributed by atoms with van der Waals surface area (Å²) in [4.78, 5) is 13.9. The number of halogens is 4. The summed E-state index contributed by atoms with van der Waals surface area (Å²) in [6.45, 7) is 0.794. The van der Waals surface area contributed by atoms with Crippen LogP contribution in [0, 0.1) is 5.82 Å². The average Bonchev–Trinajstić information content (AvgIpc) is 3.07. The fraction of sp³-hybridized carbons (Fsp3) is 0.438. The van der Waals surface area contributed by atoms with Crippen molar-refractivity contribution in [1.29, 1.82) is 0 Å². The van der Waals surface area contributed by atoms with Crippen molar-refractivity contribution in [2.24, 2.45) is 0 Å². The molecule has 0 atom stereocenters. The number of hydrogen-bond donors (Lipinski definition) is 0. The summed E-state index contributed by atoms with van der Waals surface area (Å²) in [5, 5.41) is 6.50. The number of carbonyl (C=O) groups excluding carboxylic acids is 1. The molecule has 0 aliphatic carbocycles. The van der Waals surface area contributed by atoms with Gasteiger partial charge in [-0.3, -0.25) is 4.79 Å². The first kappa shape index (κ1) is 17.4. The van der Waals surface area contributed by atoms with Gasteiger partial charge in [-0.2, -0.15) is 13.2 Å². The molecule has 0 unspecified atom stereocenters. The van der Waals surface area contributed by atoms with Crippen molar-refractivity contribution in [2.75, 3.05) is 13.1 Å². The van der Waals surface area contributed by atoms with Crippen LogP contribution in [0.4, 0.5) is 17.6 Å². The maximum atomic E-state index is 12.9. The zero-order valence-electron chi connectivity index (χ0n) is 13.1. The fourth-order valence-corrected chi connectivity index (χ4v) is 2.78. The third-order valence-electron chi connectivity index (χ3n) is 4.15. The van der Waals surface area contributed by atoms with Gasteiger partial charge >= 0.3 is 12.1 Å². The van der Waals surface area contributed by atoms with E-state index < -0.39 is 12.1 Å². The number of likely N-dealkylation sites (tertiary alicyclic amines) is 1. The molecule has 0 N–H and O–H groups in total. The molecule has 1 fully saturated rings. The minimum atomic E-state index is -4.66. The largest absolute Gasteiger partial charge is 0.470 e. The molecule has 25 heavy (non-hydrogen) atoms. The van der Waals surface area contributed by atoms with Gasteiger partial charge in [0.05, 0.1) is 6.42 Å². The molecule has 2 aromatic rings. The third-order valence-corrected chi connectivity index (χ3v) is 4.15. The van der Waals surface area contributed by atoms with Crippen LogP contribution < -0.4 is 0 Å².